The van der Waals surface area contributed by atoms with Crippen molar-refractivity contribution in [3.8, 4) is 11.5 Å². The van der Waals surface area contributed by atoms with Gasteiger partial charge in [-0.2, -0.15) is 0 Å². The minimum atomic E-state index is -0.862. The molecular weight excluding hydrogens is 460 g/mol. The minimum Gasteiger partial charge on any atom is -0.504 e. The summed E-state index contributed by atoms with van der Waals surface area (Å²) in [5.41, 5.74) is 3.22. The molecule has 5 nitrogen and oxygen atoms in total. The van der Waals surface area contributed by atoms with Crippen LogP contribution in [0.4, 0.5) is 0 Å². The van der Waals surface area contributed by atoms with E-state index in [1.165, 1.54) is 6.07 Å². The molecule has 4 aromatic carbocycles. The molecule has 4 aromatic rings. The van der Waals surface area contributed by atoms with Crippen LogP contribution >= 0.6 is 0 Å². The molecule has 0 spiro atoms. The van der Waals surface area contributed by atoms with Crippen LogP contribution in [-0.2, 0) is 17.8 Å². The van der Waals surface area contributed by atoms with Crippen LogP contribution in [-0.4, -0.2) is 44.5 Å². The number of rotatable bonds is 7. The van der Waals surface area contributed by atoms with Crippen LogP contribution in [0.25, 0.3) is 0 Å². The van der Waals surface area contributed by atoms with Crippen LogP contribution in [0, 0.1) is 0 Å². The number of carbonyl (C=O) groups is 1. The first kappa shape index (κ1) is 24.6. The van der Waals surface area contributed by atoms with E-state index < -0.39 is 5.54 Å². The largest absolute Gasteiger partial charge is 0.504 e. The third kappa shape index (κ3) is 5.09. The first-order valence-electron chi connectivity index (χ1n) is 12.7. The van der Waals surface area contributed by atoms with Crippen molar-refractivity contribution in [3.05, 3.63) is 131 Å². The van der Waals surface area contributed by atoms with Crippen LogP contribution in [0.2, 0.25) is 0 Å². The number of phenols is 2. The van der Waals surface area contributed by atoms with E-state index in [9.17, 15) is 15.0 Å². The van der Waals surface area contributed by atoms with Gasteiger partial charge < -0.3 is 15.1 Å². The topological polar surface area (TPSA) is 64.0 Å². The Labute approximate surface area is 218 Å². The number of amides is 1. The van der Waals surface area contributed by atoms with E-state index in [-0.39, 0.29) is 23.4 Å². The van der Waals surface area contributed by atoms with E-state index in [2.05, 4.69) is 41.3 Å². The zero-order chi connectivity index (χ0) is 25.8. The number of hydrogen-bond acceptors (Lipinski definition) is 4. The van der Waals surface area contributed by atoms with Gasteiger partial charge in [-0.3, -0.25) is 9.69 Å². The Morgan fingerprint density at radius 2 is 1.30 bits per heavy atom. The van der Waals surface area contributed by atoms with E-state index in [1.807, 2.05) is 66.4 Å². The summed E-state index contributed by atoms with van der Waals surface area (Å²) in [6.07, 6.45) is 0.402. The molecule has 0 saturated carbocycles. The van der Waals surface area contributed by atoms with Gasteiger partial charge in [0.15, 0.2) is 11.5 Å². The summed E-state index contributed by atoms with van der Waals surface area (Å²) in [6, 6.07) is 35.2. The Morgan fingerprint density at radius 1 is 0.730 bits per heavy atom. The highest BCUT2D eigenvalue weighted by Crippen LogP contribution is 2.37. The Balaban J connectivity index is 1.55. The van der Waals surface area contributed by atoms with Crippen molar-refractivity contribution in [2.45, 2.75) is 31.5 Å². The van der Waals surface area contributed by atoms with Crippen molar-refractivity contribution in [1.29, 1.82) is 0 Å². The summed E-state index contributed by atoms with van der Waals surface area (Å²) < 4.78 is 0. The summed E-state index contributed by atoms with van der Waals surface area (Å²) in [4.78, 5) is 18.8. The fourth-order valence-electron chi connectivity index (χ4n) is 5.41. The highest BCUT2D eigenvalue weighted by molar-refractivity contribution is 5.88. The van der Waals surface area contributed by atoms with Gasteiger partial charge in [-0.1, -0.05) is 97.1 Å². The molecule has 1 unspecified atom stereocenters. The van der Waals surface area contributed by atoms with Crippen LogP contribution < -0.4 is 0 Å². The molecule has 0 aliphatic carbocycles. The Kier molecular flexibility index (Phi) is 6.97. The number of benzene rings is 4. The summed E-state index contributed by atoms with van der Waals surface area (Å²) in [5, 5.41) is 20.0. The van der Waals surface area contributed by atoms with E-state index in [4.69, 9.17) is 0 Å². The highest BCUT2D eigenvalue weighted by Gasteiger charge is 2.47. The average molecular weight is 493 g/mol. The second-order valence-corrected chi connectivity index (χ2v) is 9.90. The third-order valence-electron chi connectivity index (χ3n) is 7.38. The zero-order valence-electron chi connectivity index (χ0n) is 21.0. The molecule has 1 saturated heterocycles. The molecule has 37 heavy (non-hydrogen) atoms. The Morgan fingerprint density at radius 3 is 1.86 bits per heavy atom. The molecule has 5 rings (SSSR count). The summed E-state index contributed by atoms with van der Waals surface area (Å²) in [7, 11) is 0. The van der Waals surface area contributed by atoms with Gasteiger partial charge in [-0.05, 0) is 47.7 Å². The van der Waals surface area contributed by atoms with Gasteiger partial charge in [0.1, 0.15) is 5.54 Å². The zero-order valence-corrected chi connectivity index (χ0v) is 21.0. The maximum atomic E-state index is 14.6. The molecule has 5 heteroatoms. The lowest BCUT2D eigenvalue weighted by atomic mass is 9.84. The number of carbonyl (C=O) groups excluding carboxylic acids is 1. The summed E-state index contributed by atoms with van der Waals surface area (Å²) >= 11 is 0. The summed E-state index contributed by atoms with van der Waals surface area (Å²) in [5.74, 6) is -0.304. The predicted molar refractivity (Wildman–Crippen MR) is 145 cm³/mol. The smallest absolute Gasteiger partial charge is 0.243 e. The van der Waals surface area contributed by atoms with Crippen molar-refractivity contribution in [2.75, 3.05) is 13.1 Å². The molecule has 0 bridgehead atoms. The van der Waals surface area contributed by atoms with Gasteiger partial charge in [0.25, 0.3) is 0 Å². The highest BCUT2D eigenvalue weighted by atomic mass is 16.3. The fraction of sp³-hybridized carbons (Fsp3) is 0.219. The molecular formula is C32H32N2O3. The van der Waals surface area contributed by atoms with Gasteiger partial charge in [-0.25, -0.2) is 0 Å². The molecule has 2 N–H and O–H groups in total. The van der Waals surface area contributed by atoms with Gasteiger partial charge in [0.05, 0.1) is 6.04 Å². The second kappa shape index (κ2) is 10.5. The van der Waals surface area contributed by atoms with Crippen LogP contribution in [0.1, 0.15) is 35.2 Å². The molecule has 0 radical (unpaired) electrons. The Bertz CT molecular complexity index is 1310. The maximum Gasteiger partial charge on any atom is 0.243 e. The Hall–Kier alpha value is -4.09. The van der Waals surface area contributed by atoms with Crippen molar-refractivity contribution in [1.82, 2.24) is 9.80 Å². The first-order chi connectivity index (χ1) is 18.0. The third-order valence-corrected chi connectivity index (χ3v) is 7.38. The number of aromatic hydroxyl groups is 2. The minimum absolute atomic E-state index is 0.0416. The SMILES string of the molecule is CC1(Cc2ccc(O)c(O)c2)C(=O)N(C(c2ccccc2)c2ccccc2)CCN1Cc1ccccc1. The average Bonchev–Trinajstić information content (AvgIpc) is 2.92. The van der Waals surface area contributed by atoms with E-state index in [1.54, 1.807) is 12.1 Å². The number of nitrogens with zero attached hydrogens (tertiary/aromatic N) is 2. The fourth-order valence-corrected chi connectivity index (χ4v) is 5.41. The quantitative estimate of drug-likeness (QED) is 0.333. The molecule has 0 aromatic heterocycles. The van der Waals surface area contributed by atoms with Crippen molar-refractivity contribution in [3.63, 3.8) is 0 Å². The standard InChI is InChI=1S/C32H32N2O3/c1-32(22-25-17-18-28(35)29(36)21-25)31(37)34(20-19-33(32)23-24-11-5-2-6-12-24)30(26-13-7-3-8-14-26)27-15-9-4-10-16-27/h2-18,21,30,35-36H,19-20,22-23H2,1H3. The molecule has 1 aliphatic heterocycles. The van der Waals surface area contributed by atoms with Crippen LogP contribution in [0.15, 0.2) is 109 Å². The number of phenolic OH excluding ortho intramolecular Hbond substituents is 2. The van der Waals surface area contributed by atoms with Crippen molar-refractivity contribution >= 4 is 5.91 Å². The van der Waals surface area contributed by atoms with Gasteiger partial charge >= 0.3 is 0 Å². The van der Waals surface area contributed by atoms with E-state index >= 15 is 0 Å². The summed E-state index contributed by atoms with van der Waals surface area (Å²) in [6.45, 7) is 3.94. The molecule has 1 aliphatic rings. The molecule has 188 valence electrons. The van der Waals surface area contributed by atoms with E-state index in [0.717, 1.165) is 22.3 Å². The van der Waals surface area contributed by atoms with Crippen molar-refractivity contribution in [2.24, 2.45) is 0 Å². The lowest BCUT2D eigenvalue weighted by Crippen LogP contribution is -2.65. The molecule has 1 atom stereocenters. The lowest BCUT2D eigenvalue weighted by Gasteiger charge is -2.50. The lowest BCUT2D eigenvalue weighted by molar-refractivity contribution is -0.153. The number of piperazine rings is 1. The van der Waals surface area contributed by atoms with E-state index in [0.29, 0.717) is 26.1 Å². The monoisotopic (exact) mass is 492 g/mol. The second-order valence-electron chi connectivity index (χ2n) is 9.90. The van der Waals surface area contributed by atoms with Crippen LogP contribution in [0.5, 0.6) is 11.5 Å². The number of hydrogen-bond donors (Lipinski definition) is 2. The van der Waals surface area contributed by atoms with Gasteiger partial charge in [-0.15, -0.1) is 0 Å². The predicted octanol–water partition coefficient (Wildman–Crippen LogP) is 5.53. The molecule has 1 amide bonds. The van der Waals surface area contributed by atoms with Crippen molar-refractivity contribution < 1.29 is 15.0 Å². The maximum absolute atomic E-state index is 14.6. The van der Waals surface area contributed by atoms with Gasteiger partial charge in [0, 0.05) is 19.6 Å². The molecule has 1 heterocycles. The van der Waals surface area contributed by atoms with Crippen LogP contribution in [0.3, 0.4) is 0 Å². The first-order valence-corrected chi connectivity index (χ1v) is 12.7. The van der Waals surface area contributed by atoms with Gasteiger partial charge in [0.2, 0.25) is 5.91 Å². The molecule has 1 fully saturated rings. The normalized spacial score (nSPS) is 18.3.